The molecule has 0 spiro atoms. The summed E-state index contributed by atoms with van der Waals surface area (Å²) < 4.78 is 0. The Morgan fingerprint density at radius 3 is 2.62 bits per heavy atom. The Balaban J connectivity index is 3.63. The largest absolute Gasteiger partial charge is 0.396 e. The molecule has 16 heavy (non-hydrogen) atoms. The lowest BCUT2D eigenvalue weighted by atomic mass is 10.0. The SMILES string of the molecule is CCCC(CN)C(=O)NCCCC(C)CO. The lowest BCUT2D eigenvalue weighted by molar-refractivity contribution is -0.124. The Hall–Kier alpha value is -0.610. The monoisotopic (exact) mass is 230 g/mol. The molecule has 4 heteroatoms. The van der Waals surface area contributed by atoms with E-state index in [-0.39, 0.29) is 18.4 Å². The number of carbonyl (C=O) groups is 1. The van der Waals surface area contributed by atoms with Crippen molar-refractivity contribution in [1.29, 1.82) is 0 Å². The maximum Gasteiger partial charge on any atom is 0.224 e. The average molecular weight is 230 g/mol. The molecule has 0 fully saturated rings. The molecule has 1 amide bonds. The van der Waals surface area contributed by atoms with E-state index in [1.54, 1.807) is 0 Å². The summed E-state index contributed by atoms with van der Waals surface area (Å²) in [6, 6.07) is 0. The Labute approximate surface area is 98.6 Å². The first-order valence-electron chi connectivity index (χ1n) is 6.24. The molecular weight excluding hydrogens is 204 g/mol. The molecular formula is C12H26N2O2. The van der Waals surface area contributed by atoms with Crippen LogP contribution in [-0.2, 0) is 4.79 Å². The Morgan fingerprint density at radius 1 is 1.44 bits per heavy atom. The summed E-state index contributed by atoms with van der Waals surface area (Å²) in [5.74, 6) is 0.346. The summed E-state index contributed by atoms with van der Waals surface area (Å²) in [6.07, 6.45) is 3.70. The maximum absolute atomic E-state index is 11.6. The molecule has 0 aliphatic rings. The van der Waals surface area contributed by atoms with Crippen molar-refractivity contribution in [2.75, 3.05) is 19.7 Å². The zero-order valence-electron chi connectivity index (χ0n) is 10.5. The van der Waals surface area contributed by atoms with Crippen LogP contribution in [0.1, 0.15) is 39.5 Å². The van der Waals surface area contributed by atoms with Crippen molar-refractivity contribution in [3.8, 4) is 0 Å². The van der Waals surface area contributed by atoms with Gasteiger partial charge in [-0.05, 0) is 25.2 Å². The summed E-state index contributed by atoms with van der Waals surface area (Å²) in [7, 11) is 0. The van der Waals surface area contributed by atoms with Crippen molar-refractivity contribution in [2.45, 2.75) is 39.5 Å². The first-order chi connectivity index (χ1) is 7.65. The van der Waals surface area contributed by atoms with Crippen LogP contribution in [0.25, 0.3) is 0 Å². The molecule has 0 rings (SSSR count). The van der Waals surface area contributed by atoms with E-state index in [1.165, 1.54) is 0 Å². The molecule has 0 aliphatic heterocycles. The highest BCUT2D eigenvalue weighted by Crippen LogP contribution is 2.05. The van der Waals surface area contributed by atoms with Gasteiger partial charge < -0.3 is 16.2 Å². The molecule has 0 saturated carbocycles. The van der Waals surface area contributed by atoms with Gasteiger partial charge in [0, 0.05) is 19.7 Å². The second kappa shape index (κ2) is 9.60. The first-order valence-corrected chi connectivity index (χ1v) is 6.24. The van der Waals surface area contributed by atoms with E-state index in [9.17, 15) is 4.79 Å². The molecule has 0 aromatic heterocycles. The number of carbonyl (C=O) groups excluding carboxylic acids is 1. The number of hydrogen-bond donors (Lipinski definition) is 3. The van der Waals surface area contributed by atoms with Crippen LogP contribution < -0.4 is 11.1 Å². The van der Waals surface area contributed by atoms with Crippen LogP contribution in [0, 0.1) is 11.8 Å². The minimum absolute atomic E-state index is 0.0414. The van der Waals surface area contributed by atoms with Crippen molar-refractivity contribution >= 4 is 5.91 Å². The molecule has 0 radical (unpaired) electrons. The molecule has 0 heterocycles. The summed E-state index contributed by atoms with van der Waals surface area (Å²) in [5, 5.41) is 11.7. The van der Waals surface area contributed by atoms with Gasteiger partial charge in [0.25, 0.3) is 0 Å². The van der Waals surface area contributed by atoms with Crippen LogP contribution in [0.2, 0.25) is 0 Å². The molecule has 0 aliphatic carbocycles. The smallest absolute Gasteiger partial charge is 0.224 e. The van der Waals surface area contributed by atoms with Crippen molar-refractivity contribution in [2.24, 2.45) is 17.6 Å². The third kappa shape index (κ3) is 6.80. The third-order valence-corrected chi connectivity index (χ3v) is 2.78. The van der Waals surface area contributed by atoms with Crippen molar-refractivity contribution < 1.29 is 9.90 Å². The zero-order chi connectivity index (χ0) is 12.4. The van der Waals surface area contributed by atoms with E-state index in [1.807, 2.05) is 6.92 Å². The van der Waals surface area contributed by atoms with Gasteiger partial charge in [-0.2, -0.15) is 0 Å². The van der Waals surface area contributed by atoms with Crippen LogP contribution in [0.3, 0.4) is 0 Å². The van der Waals surface area contributed by atoms with Gasteiger partial charge in [0.1, 0.15) is 0 Å². The fourth-order valence-corrected chi connectivity index (χ4v) is 1.60. The molecule has 0 aromatic rings. The fraction of sp³-hybridized carbons (Fsp3) is 0.917. The summed E-state index contributed by atoms with van der Waals surface area (Å²) in [4.78, 5) is 11.6. The minimum atomic E-state index is -0.0414. The van der Waals surface area contributed by atoms with Gasteiger partial charge in [-0.1, -0.05) is 20.3 Å². The predicted octanol–water partition coefficient (Wildman–Crippen LogP) is 0.886. The Bertz CT molecular complexity index is 186. The minimum Gasteiger partial charge on any atom is -0.396 e. The fourth-order valence-electron chi connectivity index (χ4n) is 1.60. The predicted molar refractivity (Wildman–Crippen MR) is 65.9 cm³/mol. The van der Waals surface area contributed by atoms with E-state index in [4.69, 9.17) is 10.8 Å². The number of aliphatic hydroxyl groups is 1. The second-order valence-corrected chi connectivity index (χ2v) is 4.44. The number of nitrogens with two attached hydrogens (primary N) is 1. The van der Waals surface area contributed by atoms with Crippen molar-refractivity contribution in [3.05, 3.63) is 0 Å². The lowest BCUT2D eigenvalue weighted by Gasteiger charge is -2.14. The zero-order valence-corrected chi connectivity index (χ0v) is 10.5. The molecule has 4 nitrogen and oxygen atoms in total. The molecule has 2 atom stereocenters. The molecule has 2 unspecified atom stereocenters. The standard InChI is InChI=1S/C12H26N2O2/c1-3-5-11(8-13)12(16)14-7-4-6-10(2)9-15/h10-11,15H,3-9,13H2,1-2H3,(H,14,16). The third-order valence-electron chi connectivity index (χ3n) is 2.78. The molecule has 96 valence electrons. The number of amides is 1. The molecule has 4 N–H and O–H groups in total. The highest BCUT2D eigenvalue weighted by molar-refractivity contribution is 5.78. The van der Waals surface area contributed by atoms with Crippen LogP contribution in [-0.4, -0.2) is 30.7 Å². The second-order valence-electron chi connectivity index (χ2n) is 4.44. The average Bonchev–Trinajstić information content (AvgIpc) is 2.30. The number of aliphatic hydroxyl groups excluding tert-OH is 1. The first kappa shape index (κ1) is 15.4. The summed E-state index contributed by atoms with van der Waals surface area (Å²) in [6.45, 7) is 5.38. The van der Waals surface area contributed by atoms with Crippen molar-refractivity contribution in [3.63, 3.8) is 0 Å². The topological polar surface area (TPSA) is 75.4 Å². The highest BCUT2D eigenvalue weighted by atomic mass is 16.3. The Morgan fingerprint density at radius 2 is 2.12 bits per heavy atom. The van der Waals surface area contributed by atoms with Gasteiger partial charge in [0.2, 0.25) is 5.91 Å². The number of rotatable bonds is 9. The van der Waals surface area contributed by atoms with Crippen LogP contribution in [0.5, 0.6) is 0 Å². The Kier molecular flexibility index (Phi) is 9.24. The maximum atomic E-state index is 11.6. The molecule has 0 bridgehead atoms. The van der Waals surface area contributed by atoms with Crippen LogP contribution in [0.15, 0.2) is 0 Å². The van der Waals surface area contributed by atoms with E-state index in [2.05, 4.69) is 12.2 Å². The van der Waals surface area contributed by atoms with Crippen LogP contribution in [0.4, 0.5) is 0 Å². The van der Waals surface area contributed by atoms with Gasteiger partial charge in [0.15, 0.2) is 0 Å². The van der Waals surface area contributed by atoms with Crippen molar-refractivity contribution in [1.82, 2.24) is 5.32 Å². The van der Waals surface area contributed by atoms with Gasteiger partial charge >= 0.3 is 0 Å². The van der Waals surface area contributed by atoms with Gasteiger partial charge in [-0.3, -0.25) is 4.79 Å². The van der Waals surface area contributed by atoms with E-state index in [0.29, 0.717) is 19.0 Å². The lowest BCUT2D eigenvalue weighted by Crippen LogP contribution is -2.35. The van der Waals surface area contributed by atoms with Gasteiger partial charge in [-0.25, -0.2) is 0 Å². The molecule has 0 aromatic carbocycles. The van der Waals surface area contributed by atoms with E-state index >= 15 is 0 Å². The van der Waals surface area contributed by atoms with Gasteiger partial charge in [-0.15, -0.1) is 0 Å². The summed E-state index contributed by atoms with van der Waals surface area (Å²) >= 11 is 0. The summed E-state index contributed by atoms with van der Waals surface area (Å²) in [5.41, 5.74) is 5.54. The molecule has 0 saturated heterocycles. The van der Waals surface area contributed by atoms with Crippen LogP contribution >= 0.6 is 0 Å². The van der Waals surface area contributed by atoms with E-state index < -0.39 is 0 Å². The number of hydrogen-bond acceptors (Lipinski definition) is 3. The van der Waals surface area contributed by atoms with Gasteiger partial charge in [0.05, 0.1) is 5.92 Å². The quantitative estimate of drug-likeness (QED) is 0.515. The number of nitrogens with one attached hydrogen (secondary N) is 1. The highest BCUT2D eigenvalue weighted by Gasteiger charge is 2.14. The van der Waals surface area contributed by atoms with E-state index in [0.717, 1.165) is 25.7 Å². The normalized spacial score (nSPS) is 14.5.